The Morgan fingerprint density at radius 1 is 0.875 bits per heavy atom. The number of aromatic nitrogens is 1. The van der Waals surface area contributed by atoms with E-state index in [0.29, 0.717) is 0 Å². The second-order valence-electron chi connectivity index (χ2n) is 4.14. The van der Waals surface area contributed by atoms with Crippen molar-refractivity contribution in [2.24, 2.45) is 0 Å². The number of nitrogens with zero attached hydrogens (tertiary/aromatic N) is 1. The number of fused-ring (bicyclic) bond motifs is 2. The highest BCUT2D eigenvalue weighted by Gasteiger charge is 2.00. The van der Waals surface area contributed by atoms with Crippen LogP contribution in [0.2, 0.25) is 0 Å². The first kappa shape index (κ1) is 9.16. The lowest BCUT2D eigenvalue weighted by atomic mass is 10.1. The molecule has 2 N–H and O–H groups in total. The molecular formula is C14H12N2. The summed E-state index contributed by atoms with van der Waals surface area (Å²) in [5, 5.41) is 2.25. The van der Waals surface area contributed by atoms with E-state index in [1.807, 2.05) is 18.2 Å². The van der Waals surface area contributed by atoms with Gasteiger partial charge in [-0.25, -0.2) is 4.98 Å². The van der Waals surface area contributed by atoms with Crippen LogP contribution in [0.1, 0.15) is 5.56 Å². The van der Waals surface area contributed by atoms with Crippen LogP contribution in [-0.2, 0) is 0 Å². The Bertz CT molecular complexity index is 625. The molecule has 78 valence electrons. The molecule has 0 unspecified atom stereocenters. The van der Waals surface area contributed by atoms with E-state index in [1.54, 1.807) is 0 Å². The van der Waals surface area contributed by atoms with Crippen molar-refractivity contribution in [2.75, 3.05) is 5.73 Å². The molecule has 1 heterocycles. The number of nitrogens with two attached hydrogens (primary N) is 1. The predicted molar refractivity (Wildman–Crippen MR) is 68.4 cm³/mol. The van der Waals surface area contributed by atoms with Gasteiger partial charge in [-0.3, -0.25) is 0 Å². The average molecular weight is 208 g/mol. The van der Waals surface area contributed by atoms with Crippen LogP contribution in [0.5, 0.6) is 0 Å². The zero-order valence-electron chi connectivity index (χ0n) is 9.07. The van der Waals surface area contributed by atoms with Gasteiger partial charge in [-0.15, -0.1) is 0 Å². The molecule has 0 fully saturated rings. The fraction of sp³-hybridized carbons (Fsp3) is 0.0714. The summed E-state index contributed by atoms with van der Waals surface area (Å²) in [5.41, 5.74) is 9.81. The second-order valence-corrected chi connectivity index (χ2v) is 4.14. The van der Waals surface area contributed by atoms with Gasteiger partial charge in [0.15, 0.2) is 0 Å². The largest absolute Gasteiger partial charge is 0.399 e. The topological polar surface area (TPSA) is 38.9 Å². The highest BCUT2D eigenvalue weighted by atomic mass is 14.7. The Balaban J connectivity index is 2.44. The van der Waals surface area contributed by atoms with E-state index < -0.39 is 0 Å². The summed E-state index contributed by atoms with van der Waals surface area (Å²) >= 11 is 0. The molecule has 2 aromatic carbocycles. The smallest absolute Gasteiger partial charge is 0.0712 e. The molecule has 0 amide bonds. The summed E-state index contributed by atoms with van der Waals surface area (Å²) in [6.07, 6.45) is 0. The normalized spacial score (nSPS) is 11.1. The quantitative estimate of drug-likeness (QED) is 0.455. The molecule has 0 saturated heterocycles. The number of rotatable bonds is 0. The molecule has 0 aliphatic carbocycles. The minimum atomic E-state index is 0.778. The summed E-state index contributed by atoms with van der Waals surface area (Å²) in [7, 11) is 0. The molecule has 0 saturated carbocycles. The number of benzene rings is 2. The van der Waals surface area contributed by atoms with Crippen molar-refractivity contribution in [3.8, 4) is 0 Å². The first-order valence-electron chi connectivity index (χ1n) is 5.29. The first-order chi connectivity index (χ1) is 7.72. The monoisotopic (exact) mass is 208 g/mol. The van der Waals surface area contributed by atoms with Crippen LogP contribution in [-0.4, -0.2) is 4.98 Å². The summed E-state index contributed by atoms with van der Waals surface area (Å²) in [5.74, 6) is 0. The number of aryl methyl sites for hydroxylation is 1. The van der Waals surface area contributed by atoms with Crippen LogP contribution in [0.3, 0.4) is 0 Å². The molecule has 3 aromatic rings. The lowest BCUT2D eigenvalue weighted by Gasteiger charge is -2.03. The van der Waals surface area contributed by atoms with Gasteiger partial charge < -0.3 is 5.73 Å². The number of nitrogen functional groups attached to an aromatic ring is 1. The van der Waals surface area contributed by atoms with Gasteiger partial charge in [0.2, 0.25) is 0 Å². The minimum absolute atomic E-state index is 0.778. The van der Waals surface area contributed by atoms with Crippen molar-refractivity contribution in [3.05, 3.63) is 48.0 Å². The van der Waals surface area contributed by atoms with E-state index in [2.05, 4.69) is 36.2 Å². The zero-order chi connectivity index (χ0) is 11.1. The number of pyridine rings is 1. The van der Waals surface area contributed by atoms with Crippen molar-refractivity contribution in [3.63, 3.8) is 0 Å². The van der Waals surface area contributed by atoms with Gasteiger partial charge in [-0.2, -0.15) is 0 Å². The lowest BCUT2D eigenvalue weighted by molar-refractivity contribution is 1.44. The molecule has 0 radical (unpaired) electrons. The summed E-state index contributed by atoms with van der Waals surface area (Å²) in [6, 6.07) is 14.2. The molecule has 2 nitrogen and oxygen atoms in total. The highest BCUT2D eigenvalue weighted by Crippen LogP contribution is 2.22. The number of anilines is 1. The predicted octanol–water partition coefficient (Wildman–Crippen LogP) is 3.28. The molecule has 2 heteroatoms. The molecule has 16 heavy (non-hydrogen) atoms. The van der Waals surface area contributed by atoms with Crippen molar-refractivity contribution in [1.82, 2.24) is 4.98 Å². The van der Waals surface area contributed by atoms with E-state index >= 15 is 0 Å². The molecule has 0 spiro atoms. The van der Waals surface area contributed by atoms with Crippen molar-refractivity contribution in [2.45, 2.75) is 6.92 Å². The fourth-order valence-corrected chi connectivity index (χ4v) is 1.96. The Labute approximate surface area is 93.7 Å². The molecule has 1 aromatic heterocycles. The van der Waals surface area contributed by atoms with Gasteiger partial charge in [0.05, 0.1) is 11.0 Å². The van der Waals surface area contributed by atoms with Crippen molar-refractivity contribution in [1.29, 1.82) is 0 Å². The molecule has 0 aliphatic rings. The lowest BCUT2D eigenvalue weighted by Crippen LogP contribution is -1.87. The number of hydrogen-bond acceptors (Lipinski definition) is 2. The standard InChI is InChI=1S/C14H12N2/c1-9-2-3-10-7-11-8-12(15)4-5-13(11)16-14(10)6-9/h2-8H,15H2,1H3. The van der Waals surface area contributed by atoms with Gasteiger partial charge in [0.25, 0.3) is 0 Å². The second kappa shape index (κ2) is 3.20. The number of hydrogen-bond donors (Lipinski definition) is 1. The summed E-state index contributed by atoms with van der Waals surface area (Å²) in [6.45, 7) is 2.08. The fourth-order valence-electron chi connectivity index (χ4n) is 1.96. The van der Waals surface area contributed by atoms with Crippen LogP contribution in [0, 0.1) is 6.92 Å². The molecule has 0 atom stereocenters. The van der Waals surface area contributed by atoms with Crippen LogP contribution in [0.15, 0.2) is 42.5 Å². The van der Waals surface area contributed by atoms with Gasteiger partial charge in [-0.1, -0.05) is 12.1 Å². The maximum absolute atomic E-state index is 5.76. The third-order valence-electron chi connectivity index (χ3n) is 2.79. The third kappa shape index (κ3) is 1.39. The molecule has 3 rings (SSSR count). The first-order valence-corrected chi connectivity index (χ1v) is 5.29. The minimum Gasteiger partial charge on any atom is -0.399 e. The van der Waals surface area contributed by atoms with E-state index in [0.717, 1.165) is 27.5 Å². The van der Waals surface area contributed by atoms with Crippen LogP contribution in [0.4, 0.5) is 5.69 Å². The van der Waals surface area contributed by atoms with E-state index in [1.165, 1.54) is 5.56 Å². The van der Waals surface area contributed by atoms with Crippen LogP contribution in [0.25, 0.3) is 21.8 Å². The van der Waals surface area contributed by atoms with E-state index in [4.69, 9.17) is 5.73 Å². The SMILES string of the molecule is Cc1ccc2cc3cc(N)ccc3nc2c1. The Kier molecular flexibility index (Phi) is 1.83. The van der Waals surface area contributed by atoms with Gasteiger partial charge >= 0.3 is 0 Å². The summed E-state index contributed by atoms with van der Waals surface area (Å²) in [4.78, 5) is 4.62. The van der Waals surface area contributed by atoms with Crippen LogP contribution >= 0.6 is 0 Å². The maximum Gasteiger partial charge on any atom is 0.0712 e. The van der Waals surface area contributed by atoms with Gasteiger partial charge in [0, 0.05) is 16.5 Å². The Morgan fingerprint density at radius 3 is 2.62 bits per heavy atom. The zero-order valence-corrected chi connectivity index (χ0v) is 9.07. The Hall–Kier alpha value is -2.09. The Morgan fingerprint density at radius 2 is 1.75 bits per heavy atom. The average Bonchev–Trinajstić information content (AvgIpc) is 2.26. The van der Waals surface area contributed by atoms with E-state index in [9.17, 15) is 0 Å². The van der Waals surface area contributed by atoms with Crippen molar-refractivity contribution >= 4 is 27.5 Å². The highest BCUT2D eigenvalue weighted by molar-refractivity contribution is 5.94. The van der Waals surface area contributed by atoms with Gasteiger partial charge in [-0.05, 0) is 42.8 Å². The van der Waals surface area contributed by atoms with Crippen molar-refractivity contribution < 1.29 is 0 Å². The maximum atomic E-state index is 5.76. The molecule has 0 bridgehead atoms. The van der Waals surface area contributed by atoms with E-state index in [-0.39, 0.29) is 0 Å². The molecular weight excluding hydrogens is 196 g/mol. The van der Waals surface area contributed by atoms with Crippen LogP contribution < -0.4 is 5.73 Å². The third-order valence-corrected chi connectivity index (χ3v) is 2.79. The molecule has 0 aliphatic heterocycles. The summed E-state index contributed by atoms with van der Waals surface area (Å²) < 4.78 is 0. The van der Waals surface area contributed by atoms with Gasteiger partial charge in [0.1, 0.15) is 0 Å².